The Labute approximate surface area is 130 Å². The molecule has 1 aliphatic carbocycles. The summed E-state index contributed by atoms with van der Waals surface area (Å²) in [7, 11) is 0. The molecule has 3 atom stereocenters. The van der Waals surface area contributed by atoms with Crippen molar-refractivity contribution in [3.8, 4) is 5.75 Å². The summed E-state index contributed by atoms with van der Waals surface area (Å²) in [4.78, 5) is 0. The van der Waals surface area contributed by atoms with Crippen LogP contribution in [0.3, 0.4) is 0 Å². The zero-order valence-electron chi connectivity index (χ0n) is 13.8. The fraction of sp³-hybridized carbons (Fsp3) is 0.684. The third-order valence-electron chi connectivity index (χ3n) is 4.76. The van der Waals surface area contributed by atoms with Gasteiger partial charge in [-0.2, -0.15) is 0 Å². The minimum atomic E-state index is 0.227. The number of ether oxygens (including phenoxy) is 1. The molecule has 1 aromatic rings. The lowest BCUT2D eigenvalue weighted by Crippen LogP contribution is -2.29. The average molecular weight is 289 g/mol. The second-order valence-corrected chi connectivity index (χ2v) is 6.81. The van der Waals surface area contributed by atoms with Gasteiger partial charge in [0.15, 0.2) is 0 Å². The summed E-state index contributed by atoms with van der Waals surface area (Å²) in [5, 5.41) is 0. The first-order valence-electron chi connectivity index (χ1n) is 8.60. The lowest BCUT2D eigenvalue weighted by molar-refractivity contribution is 0.226. The lowest BCUT2D eigenvalue weighted by Gasteiger charge is -2.36. The highest BCUT2D eigenvalue weighted by Crippen LogP contribution is 2.42. The monoisotopic (exact) mass is 289 g/mol. The Bertz CT molecular complexity index is 429. The van der Waals surface area contributed by atoms with Gasteiger partial charge in [0.1, 0.15) is 5.75 Å². The molecular formula is C19H31NO. The van der Waals surface area contributed by atoms with E-state index in [0.29, 0.717) is 11.8 Å². The molecule has 1 aromatic carbocycles. The quantitative estimate of drug-likeness (QED) is 0.821. The van der Waals surface area contributed by atoms with Crippen molar-refractivity contribution in [3.05, 3.63) is 29.8 Å². The predicted octanol–water partition coefficient (Wildman–Crippen LogP) is 4.73. The van der Waals surface area contributed by atoms with Crippen LogP contribution in [0.5, 0.6) is 5.75 Å². The van der Waals surface area contributed by atoms with Crippen LogP contribution in [0.25, 0.3) is 0 Å². The van der Waals surface area contributed by atoms with Crippen LogP contribution in [0.4, 0.5) is 0 Å². The van der Waals surface area contributed by atoms with Gasteiger partial charge < -0.3 is 10.5 Å². The Kier molecular flexibility index (Phi) is 6.10. The summed E-state index contributed by atoms with van der Waals surface area (Å²) in [6, 6.07) is 8.69. The van der Waals surface area contributed by atoms with Crippen LogP contribution in [0.2, 0.25) is 0 Å². The van der Waals surface area contributed by atoms with Crippen LogP contribution >= 0.6 is 0 Å². The van der Waals surface area contributed by atoms with E-state index in [4.69, 9.17) is 10.5 Å². The van der Waals surface area contributed by atoms with Gasteiger partial charge in [0.2, 0.25) is 0 Å². The summed E-state index contributed by atoms with van der Waals surface area (Å²) < 4.78 is 5.86. The van der Waals surface area contributed by atoms with Crippen LogP contribution < -0.4 is 10.5 Å². The molecule has 1 aliphatic rings. The molecule has 0 aromatic heterocycles. The molecule has 1 fully saturated rings. The zero-order valence-corrected chi connectivity index (χ0v) is 13.8. The van der Waals surface area contributed by atoms with E-state index in [1.807, 2.05) is 0 Å². The number of hydrogen-bond donors (Lipinski definition) is 1. The van der Waals surface area contributed by atoms with Gasteiger partial charge in [-0.15, -0.1) is 0 Å². The van der Waals surface area contributed by atoms with Gasteiger partial charge in [0, 0.05) is 0 Å². The second-order valence-electron chi connectivity index (χ2n) is 6.81. The normalized spacial score (nSPS) is 26.0. The van der Waals surface area contributed by atoms with Gasteiger partial charge in [-0.25, -0.2) is 0 Å². The van der Waals surface area contributed by atoms with Gasteiger partial charge in [0.05, 0.1) is 6.10 Å². The Morgan fingerprint density at radius 1 is 1.29 bits per heavy atom. The van der Waals surface area contributed by atoms with Crippen molar-refractivity contribution in [1.29, 1.82) is 0 Å². The Morgan fingerprint density at radius 2 is 2.10 bits per heavy atom. The molecule has 0 spiro atoms. The molecule has 0 radical (unpaired) electrons. The van der Waals surface area contributed by atoms with Crippen molar-refractivity contribution in [2.45, 2.75) is 64.9 Å². The first-order valence-corrected chi connectivity index (χ1v) is 8.60. The summed E-state index contributed by atoms with van der Waals surface area (Å²) in [6.07, 6.45) is 6.80. The van der Waals surface area contributed by atoms with Crippen molar-refractivity contribution < 1.29 is 4.74 Å². The third kappa shape index (κ3) is 4.47. The largest absolute Gasteiger partial charge is 0.491 e. The van der Waals surface area contributed by atoms with E-state index in [1.165, 1.54) is 37.7 Å². The van der Waals surface area contributed by atoms with Crippen molar-refractivity contribution in [3.63, 3.8) is 0 Å². The van der Waals surface area contributed by atoms with Crippen LogP contribution in [0.15, 0.2) is 24.3 Å². The molecule has 0 aliphatic heterocycles. The van der Waals surface area contributed by atoms with Gasteiger partial charge >= 0.3 is 0 Å². The van der Waals surface area contributed by atoms with E-state index in [0.717, 1.165) is 18.2 Å². The van der Waals surface area contributed by atoms with E-state index in [-0.39, 0.29) is 6.10 Å². The fourth-order valence-electron chi connectivity index (χ4n) is 3.77. The van der Waals surface area contributed by atoms with Crippen LogP contribution in [0, 0.1) is 11.8 Å². The predicted molar refractivity (Wildman–Crippen MR) is 89.7 cm³/mol. The molecule has 2 heteroatoms. The Balaban J connectivity index is 2.15. The Morgan fingerprint density at radius 3 is 2.76 bits per heavy atom. The fourth-order valence-corrected chi connectivity index (χ4v) is 3.77. The van der Waals surface area contributed by atoms with Crippen molar-refractivity contribution in [2.24, 2.45) is 17.6 Å². The molecule has 0 heterocycles. The number of rotatable bonds is 6. The summed E-state index contributed by atoms with van der Waals surface area (Å²) >= 11 is 0. The molecule has 2 N–H and O–H groups in total. The van der Waals surface area contributed by atoms with Crippen molar-refractivity contribution in [2.75, 3.05) is 6.54 Å². The van der Waals surface area contributed by atoms with Gasteiger partial charge in [-0.05, 0) is 68.7 Å². The van der Waals surface area contributed by atoms with E-state index >= 15 is 0 Å². The van der Waals surface area contributed by atoms with Crippen molar-refractivity contribution in [1.82, 2.24) is 0 Å². The highest BCUT2D eigenvalue weighted by molar-refractivity contribution is 5.32. The maximum atomic E-state index is 6.04. The number of nitrogens with two attached hydrogens (primary N) is 1. The first kappa shape index (κ1) is 16.4. The first-order chi connectivity index (χ1) is 10.1. The van der Waals surface area contributed by atoms with E-state index in [2.05, 4.69) is 45.0 Å². The van der Waals surface area contributed by atoms with E-state index in [1.54, 1.807) is 0 Å². The summed E-state index contributed by atoms with van der Waals surface area (Å²) in [5.41, 5.74) is 7.46. The zero-order chi connectivity index (χ0) is 15.2. The second kappa shape index (κ2) is 7.84. The SMILES string of the molecule is CCCC1CCC(CN)C(c2cccc(OC(C)C)c2)C1. The molecular weight excluding hydrogens is 258 g/mol. The van der Waals surface area contributed by atoms with Gasteiger partial charge in [0.25, 0.3) is 0 Å². The van der Waals surface area contributed by atoms with Crippen LogP contribution in [0.1, 0.15) is 64.4 Å². The molecule has 0 amide bonds. The molecule has 2 rings (SSSR count). The molecule has 1 saturated carbocycles. The average Bonchev–Trinajstić information content (AvgIpc) is 2.47. The maximum absolute atomic E-state index is 6.04. The van der Waals surface area contributed by atoms with Crippen molar-refractivity contribution >= 4 is 0 Å². The standard InChI is InChI=1S/C19H31NO/c1-4-6-15-9-10-17(13-20)19(11-15)16-7-5-8-18(12-16)21-14(2)3/h5,7-8,12,14-15,17,19H,4,6,9-11,13,20H2,1-3H3. The van der Waals surface area contributed by atoms with Crippen LogP contribution in [-0.2, 0) is 0 Å². The number of hydrogen-bond acceptors (Lipinski definition) is 2. The topological polar surface area (TPSA) is 35.2 Å². The van der Waals surface area contributed by atoms with E-state index in [9.17, 15) is 0 Å². The molecule has 2 nitrogen and oxygen atoms in total. The molecule has 0 saturated heterocycles. The summed E-state index contributed by atoms with van der Waals surface area (Å²) in [5.74, 6) is 3.11. The molecule has 118 valence electrons. The van der Waals surface area contributed by atoms with Crippen LogP contribution in [-0.4, -0.2) is 12.6 Å². The highest BCUT2D eigenvalue weighted by atomic mass is 16.5. The molecule has 21 heavy (non-hydrogen) atoms. The minimum Gasteiger partial charge on any atom is -0.491 e. The maximum Gasteiger partial charge on any atom is 0.119 e. The minimum absolute atomic E-state index is 0.227. The Hall–Kier alpha value is -1.02. The van der Waals surface area contributed by atoms with Gasteiger partial charge in [-0.1, -0.05) is 38.3 Å². The summed E-state index contributed by atoms with van der Waals surface area (Å²) in [6.45, 7) is 7.25. The van der Waals surface area contributed by atoms with E-state index < -0.39 is 0 Å². The third-order valence-corrected chi connectivity index (χ3v) is 4.76. The lowest BCUT2D eigenvalue weighted by atomic mass is 9.70. The smallest absolute Gasteiger partial charge is 0.119 e. The van der Waals surface area contributed by atoms with Gasteiger partial charge in [-0.3, -0.25) is 0 Å². The number of benzene rings is 1. The molecule has 3 unspecified atom stereocenters. The highest BCUT2D eigenvalue weighted by Gasteiger charge is 2.30. The molecule has 0 bridgehead atoms.